The molecule has 1 aromatic carbocycles. The molecule has 0 fully saturated rings. The highest BCUT2D eigenvalue weighted by molar-refractivity contribution is 8.00. The van der Waals surface area contributed by atoms with E-state index in [1.807, 2.05) is 0 Å². The largest absolute Gasteiger partial charge is 0.446 e. The van der Waals surface area contributed by atoms with Gasteiger partial charge < -0.3 is 0 Å². The van der Waals surface area contributed by atoms with E-state index in [9.17, 15) is 13.2 Å². The van der Waals surface area contributed by atoms with Gasteiger partial charge in [0, 0.05) is 15.5 Å². The van der Waals surface area contributed by atoms with Gasteiger partial charge in [-0.1, -0.05) is 17.2 Å². The van der Waals surface area contributed by atoms with E-state index < -0.39 is 5.51 Å². The molecule has 0 radical (unpaired) electrons. The zero-order valence-electron chi connectivity index (χ0n) is 6.69. The first-order valence-electron chi connectivity index (χ1n) is 3.42. The molecule has 0 aliphatic carbocycles. The summed E-state index contributed by atoms with van der Waals surface area (Å²) in [7, 11) is 0. The second kappa shape index (κ2) is 4.26. The molecular weight excluding hydrogens is 215 g/mol. The van der Waals surface area contributed by atoms with Gasteiger partial charge in [-0.15, -0.1) is 0 Å². The van der Waals surface area contributed by atoms with Crippen molar-refractivity contribution in [2.45, 2.75) is 10.4 Å². The van der Waals surface area contributed by atoms with Gasteiger partial charge in [-0.05, 0) is 29.4 Å². The second-order valence-corrected chi connectivity index (χ2v) is 3.37. The van der Waals surface area contributed by atoms with Crippen LogP contribution in [0.2, 0.25) is 0 Å². The van der Waals surface area contributed by atoms with Gasteiger partial charge in [0.15, 0.2) is 0 Å². The van der Waals surface area contributed by atoms with E-state index in [2.05, 4.69) is 10.0 Å². The third-order valence-corrected chi connectivity index (χ3v) is 1.93. The fourth-order valence-corrected chi connectivity index (χ4v) is 1.39. The fraction of sp³-hybridized carbons (Fsp3) is 0.143. The lowest BCUT2D eigenvalue weighted by atomic mass is 10.3. The highest BCUT2D eigenvalue weighted by atomic mass is 32.2. The Balaban J connectivity index is 2.89. The summed E-state index contributed by atoms with van der Waals surface area (Å²) in [6.07, 6.45) is 0. The van der Waals surface area contributed by atoms with Crippen molar-refractivity contribution in [3.8, 4) is 0 Å². The van der Waals surface area contributed by atoms with Crippen molar-refractivity contribution in [1.29, 1.82) is 0 Å². The zero-order chi connectivity index (χ0) is 10.6. The molecule has 7 heteroatoms. The van der Waals surface area contributed by atoms with E-state index in [4.69, 9.17) is 5.53 Å². The van der Waals surface area contributed by atoms with Gasteiger partial charge in [0.05, 0.1) is 0 Å². The molecule has 0 spiro atoms. The average molecular weight is 219 g/mol. The van der Waals surface area contributed by atoms with Gasteiger partial charge in [0.2, 0.25) is 0 Å². The maximum Gasteiger partial charge on any atom is 0.446 e. The van der Waals surface area contributed by atoms with Crippen LogP contribution in [0, 0.1) is 0 Å². The molecule has 0 heterocycles. The summed E-state index contributed by atoms with van der Waals surface area (Å²) in [5.74, 6) is 0. The zero-order valence-corrected chi connectivity index (χ0v) is 7.51. The molecule has 0 aromatic heterocycles. The molecule has 0 aliphatic heterocycles. The lowest BCUT2D eigenvalue weighted by Crippen LogP contribution is -1.98. The Bertz CT molecular complexity index is 371. The van der Waals surface area contributed by atoms with Gasteiger partial charge in [0.1, 0.15) is 0 Å². The van der Waals surface area contributed by atoms with Gasteiger partial charge in [-0.25, -0.2) is 0 Å². The standard InChI is InChI=1S/C7H4F3N3S/c8-7(9,10)14-6-3-1-2-5(4-6)12-13-11/h1-4H. The Kier molecular flexibility index (Phi) is 3.27. The molecule has 0 saturated heterocycles. The quantitative estimate of drug-likeness (QED) is 0.317. The number of rotatable bonds is 2. The van der Waals surface area contributed by atoms with Gasteiger partial charge in [-0.3, -0.25) is 0 Å². The van der Waals surface area contributed by atoms with Crippen LogP contribution >= 0.6 is 11.8 Å². The first-order valence-corrected chi connectivity index (χ1v) is 4.24. The molecule has 14 heavy (non-hydrogen) atoms. The van der Waals surface area contributed by atoms with Crippen LogP contribution < -0.4 is 0 Å². The summed E-state index contributed by atoms with van der Waals surface area (Å²) in [4.78, 5) is 2.48. The highest BCUT2D eigenvalue weighted by Crippen LogP contribution is 2.37. The van der Waals surface area contributed by atoms with Crippen LogP contribution in [-0.4, -0.2) is 5.51 Å². The Hall–Kier alpha value is -1.33. The molecule has 3 nitrogen and oxygen atoms in total. The Labute approximate surface area is 81.5 Å². The van der Waals surface area contributed by atoms with Crippen molar-refractivity contribution >= 4 is 17.4 Å². The minimum absolute atomic E-state index is 0.00222. The lowest BCUT2D eigenvalue weighted by Gasteiger charge is -2.05. The van der Waals surface area contributed by atoms with Crippen LogP contribution in [0.25, 0.3) is 10.4 Å². The number of halogens is 3. The topological polar surface area (TPSA) is 48.8 Å². The second-order valence-electron chi connectivity index (χ2n) is 2.23. The smallest absolute Gasteiger partial charge is 0.160 e. The van der Waals surface area contributed by atoms with Crippen LogP contribution in [0.1, 0.15) is 0 Å². The lowest BCUT2D eigenvalue weighted by molar-refractivity contribution is -0.0328. The van der Waals surface area contributed by atoms with E-state index >= 15 is 0 Å². The molecule has 74 valence electrons. The molecule has 0 amide bonds. The third kappa shape index (κ3) is 3.59. The Morgan fingerprint density at radius 3 is 2.64 bits per heavy atom. The Morgan fingerprint density at radius 1 is 1.36 bits per heavy atom. The van der Waals surface area contributed by atoms with Crippen LogP contribution in [0.5, 0.6) is 0 Å². The predicted molar refractivity (Wildman–Crippen MR) is 47.2 cm³/mol. The minimum Gasteiger partial charge on any atom is -0.160 e. The first kappa shape index (κ1) is 10.7. The molecule has 0 bridgehead atoms. The molecule has 0 aliphatic rings. The third-order valence-electron chi connectivity index (χ3n) is 1.21. The van der Waals surface area contributed by atoms with Crippen molar-refractivity contribution < 1.29 is 13.2 Å². The average Bonchev–Trinajstić information content (AvgIpc) is 2.02. The predicted octanol–water partition coefficient (Wildman–Crippen LogP) is 4.24. The van der Waals surface area contributed by atoms with Crippen molar-refractivity contribution in [3.63, 3.8) is 0 Å². The molecule has 0 atom stereocenters. The Morgan fingerprint density at radius 2 is 2.07 bits per heavy atom. The highest BCUT2D eigenvalue weighted by Gasteiger charge is 2.29. The van der Waals surface area contributed by atoms with Crippen LogP contribution in [0.3, 0.4) is 0 Å². The van der Waals surface area contributed by atoms with Crippen molar-refractivity contribution in [3.05, 3.63) is 34.7 Å². The van der Waals surface area contributed by atoms with Crippen LogP contribution in [0.4, 0.5) is 18.9 Å². The normalized spacial score (nSPS) is 10.8. The summed E-state index contributed by atoms with van der Waals surface area (Å²) < 4.78 is 35.8. The van der Waals surface area contributed by atoms with Gasteiger partial charge >= 0.3 is 5.51 Å². The number of nitrogens with zero attached hydrogens (tertiary/aromatic N) is 3. The summed E-state index contributed by atoms with van der Waals surface area (Å²) in [6, 6.07) is 5.31. The molecule has 1 aromatic rings. The molecule has 0 unspecified atom stereocenters. The van der Waals surface area contributed by atoms with Crippen molar-refractivity contribution in [2.75, 3.05) is 0 Å². The SMILES string of the molecule is [N-]=[N+]=Nc1cccc(SC(F)(F)F)c1. The number of hydrogen-bond donors (Lipinski definition) is 0. The van der Waals surface area contributed by atoms with E-state index in [0.717, 1.165) is 0 Å². The maximum absolute atomic E-state index is 11.9. The summed E-state index contributed by atoms with van der Waals surface area (Å²) in [5.41, 5.74) is 3.92. The first-order chi connectivity index (χ1) is 6.51. The molecule has 0 saturated carbocycles. The number of thioether (sulfide) groups is 1. The van der Waals surface area contributed by atoms with Crippen molar-refractivity contribution in [2.24, 2.45) is 5.11 Å². The fourth-order valence-electron chi connectivity index (χ4n) is 0.794. The van der Waals surface area contributed by atoms with E-state index in [0.29, 0.717) is 0 Å². The summed E-state index contributed by atoms with van der Waals surface area (Å²) in [6.45, 7) is 0. The minimum atomic E-state index is -4.32. The summed E-state index contributed by atoms with van der Waals surface area (Å²) >= 11 is -0.243. The van der Waals surface area contributed by atoms with Crippen molar-refractivity contribution in [1.82, 2.24) is 0 Å². The number of alkyl halides is 3. The summed E-state index contributed by atoms with van der Waals surface area (Å²) in [5, 5.41) is 3.20. The van der Waals surface area contributed by atoms with Crippen LogP contribution in [0.15, 0.2) is 34.3 Å². The molecule has 0 N–H and O–H groups in total. The number of azide groups is 1. The van der Waals surface area contributed by atoms with E-state index in [-0.39, 0.29) is 22.3 Å². The number of hydrogen-bond acceptors (Lipinski definition) is 2. The number of benzene rings is 1. The monoisotopic (exact) mass is 219 g/mol. The van der Waals surface area contributed by atoms with Gasteiger partial charge in [0.25, 0.3) is 0 Å². The maximum atomic E-state index is 11.9. The molecular formula is C7H4F3N3S. The van der Waals surface area contributed by atoms with Gasteiger partial charge in [-0.2, -0.15) is 13.2 Å². The van der Waals surface area contributed by atoms with Crippen LogP contribution in [-0.2, 0) is 0 Å². The van der Waals surface area contributed by atoms with E-state index in [1.165, 1.54) is 24.3 Å². The molecule has 1 rings (SSSR count). The van der Waals surface area contributed by atoms with E-state index in [1.54, 1.807) is 0 Å².